The van der Waals surface area contributed by atoms with Crippen molar-refractivity contribution < 1.29 is 18.7 Å². The Morgan fingerprint density at radius 2 is 1.53 bits per heavy atom. The van der Waals surface area contributed by atoms with Gasteiger partial charge in [-0.3, -0.25) is 14.2 Å². The SMILES string of the molecule is O=C(OCc1ccccc1)C1CCCc2c1c1ccccc1n2C(=O)c1ccc(F)c2ccccc12. The van der Waals surface area contributed by atoms with Crippen molar-refractivity contribution in [1.82, 2.24) is 4.57 Å². The van der Waals surface area contributed by atoms with Gasteiger partial charge >= 0.3 is 5.97 Å². The van der Waals surface area contributed by atoms with Crippen LogP contribution >= 0.6 is 0 Å². The topological polar surface area (TPSA) is 48.3 Å². The molecule has 0 amide bonds. The molecule has 1 aromatic heterocycles. The maximum Gasteiger partial charge on any atom is 0.313 e. The molecule has 0 saturated heterocycles. The monoisotopic (exact) mass is 477 g/mol. The number of ether oxygens (including phenoxy) is 1. The van der Waals surface area contributed by atoms with Crippen molar-refractivity contribution in [3.8, 4) is 0 Å². The second kappa shape index (κ2) is 9.08. The molecule has 36 heavy (non-hydrogen) atoms. The summed E-state index contributed by atoms with van der Waals surface area (Å²) in [6.07, 6.45) is 2.12. The van der Waals surface area contributed by atoms with Crippen LogP contribution in [-0.2, 0) is 22.6 Å². The van der Waals surface area contributed by atoms with Gasteiger partial charge in [0.1, 0.15) is 12.4 Å². The van der Waals surface area contributed by atoms with E-state index in [0.29, 0.717) is 29.2 Å². The Balaban J connectivity index is 1.44. The lowest BCUT2D eigenvalue weighted by Gasteiger charge is -2.23. The maximum absolute atomic E-state index is 14.5. The largest absolute Gasteiger partial charge is 0.460 e. The van der Waals surface area contributed by atoms with E-state index in [-0.39, 0.29) is 24.3 Å². The lowest BCUT2D eigenvalue weighted by Crippen LogP contribution is -2.23. The van der Waals surface area contributed by atoms with Crippen LogP contribution in [0.1, 0.15) is 45.9 Å². The summed E-state index contributed by atoms with van der Waals surface area (Å²) < 4.78 is 21.9. The molecule has 1 atom stereocenters. The number of halogens is 1. The van der Waals surface area contributed by atoms with E-state index in [2.05, 4.69) is 0 Å². The molecule has 5 heteroatoms. The number of rotatable bonds is 4. The number of nitrogens with zero attached hydrogens (tertiary/aromatic N) is 1. The molecule has 0 saturated carbocycles. The molecule has 0 bridgehead atoms. The number of carbonyl (C=O) groups is 2. The average molecular weight is 478 g/mol. The minimum atomic E-state index is -0.443. The van der Waals surface area contributed by atoms with Gasteiger partial charge in [-0.15, -0.1) is 0 Å². The number of para-hydroxylation sites is 1. The van der Waals surface area contributed by atoms with Crippen molar-refractivity contribution >= 4 is 33.6 Å². The van der Waals surface area contributed by atoms with E-state index in [9.17, 15) is 14.0 Å². The first-order valence-corrected chi connectivity index (χ1v) is 12.2. The molecule has 1 heterocycles. The third-order valence-electron chi connectivity index (χ3n) is 7.08. The molecular weight excluding hydrogens is 453 g/mol. The standard InChI is InChI=1S/C31H24FNO3/c32-26-18-17-23(21-11-4-5-12-22(21)26)30(34)33-27-15-7-6-13-24(27)29-25(14-8-16-28(29)33)31(35)36-19-20-9-2-1-3-10-20/h1-7,9-13,15,17-18,25H,8,14,16,19H2. The minimum Gasteiger partial charge on any atom is -0.460 e. The number of esters is 1. The van der Waals surface area contributed by atoms with Gasteiger partial charge in [0.25, 0.3) is 5.91 Å². The van der Waals surface area contributed by atoms with Gasteiger partial charge in [-0.05, 0) is 54.0 Å². The Labute approximate surface area is 207 Å². The van der Waals surface area contributed by atoms with E-state index in [0.717, 1.165) is 34.1 Å². The number of hydrogen-bond donors (Lipinski definition) is 0. The second-order valence-electron chi connectivity index (χ2n) is 9.20. The molecule has 1 unspecified atom stereocenters. The van der Waals surface area contributed by atoms with Crippen LogP contribution in [0.15, 0.2) is 91.0 Å². The fourth-order valence-electron chi connectivity index (χ4n) is 5.44. The third kappa shape index (κ3) is 3.68. The molecule has 178 valence electrons. The predicted octanol–water partition coefficient (Wildman–Crippen LogP) is 6.79. The van der Waals surface area contributed by atoms with Crippen molar-refractivity contribution in [2.45, 2.75) is 31.8 Å². The quantitative estimate of drug-likeness (QED) is 0.268. The molecule has 4 aromatic carbocycles. The van der Waals surface area contributed by atoms with Crippen LogP contribution in [0.3, 0.4) is 0 Å². The average Bonchev–Trinajstić information content (AvgIpc) is 3.27. The van der Waals surface area contributed by atoms with E-state index in [4.69, 9.17) is 4.74 Å². The van der Waals surface area contributed by atoms with Gasteiger partial charge in [-0.25, -0.2) is 4.39 Å². The first-order chi connectivity index (χ1) is 17.6. The van der Waals surface area contributed by atoms with Crippen molar-refractivity contribution in [2.24, 2.45) is 0 Å². The van der Waals surface area contributed by atoms with Crippen molar-refractivity contribution in [2.75, 3.05) is 0 Å². The summed E-state index contributed by atoms with van der Waals surface area (Å²) in [6, 6.07) is 27.2. The highest BCUT2D eigenvalue weighted by molar-refractivity contribution is 6.12. The molecule has 4 nitrogen and oxygen atoms in total. The minimum absolute atomic E-state index is 0.213. The van der Waals surface area contributed by atoms with Crippen molar-refractivity contribution in [1.29, 1.82) is 0 Å². The van der Waals surface area contributed by atoms with Crippen LogP contribution in [0.25, 0.3) is 21.7 Å². The van der Waals surface area contributed by atoms with E-state index in [1.165, 1.54) is 6.07 Å². The Morgan fingerprint density at radius 1 is 0.833 bits per heavy atom. The number of carbonyl (C=O) groups excluding carboxylic acids is 2. The van der Waals surface area contributed by atoms with Crippen LogP contribution in [-0.4, -0.2) is 16.4 Å². The molecule has 1 aliphatic rings. The predicted molar refractivity (Wildman–Crippen MR) is 137 cm³/mol. The second-order valence-corrected chi connectivity index (χ2v) is 9.20. The third-order valence-corrected chi connectivity index (χ3v) is 7.08. The van der Waals surface area contributed by atoms with Gasteiger partial charge in [-0.2, -0.15) is 0 Å². The number of fused-ring (bicyclic) bond motifs is 4. The van der Waals surface area contributed by atoms with E-state index in [1.54, 1.807) is 34.9 Å². The van der Waals surface area contributed by atoms with Crippen LogP contribution in [0.5, 0.6) is 0 Å². The van der Waals surface area contributed by atoms with Crippen LogP contribution in [0.4, 0.5) is 4.39 Å². The van der Waals surface area contributed by atoms with E-state index < -0.39 is 5.92 Å². The van der Waals surface area contributed by atoms with E-state index in [1.807, 2.05) is 54.6 Å². The van der Waals surface area contributed by atoms with Crippen LogP contribution < -0.4 is 0 Å². The zero-order valence-electron chi connectivity index (χ0n) is 19.6. The fraction of sp³-hybridized carbons (Fsp3) is 0.161. The van der Waals surface area contributed by atoms with Gasteiger partial charge in [0.05, 0.1) is 11.4 Å². The van der Waals surface area contributed by atoms with E-state index >= 15 is 0 Å². The first kappa shape index (κ1) is 22.2. The molecule has 5 aromatic rings. The van der Waals surface area contributed by atoms with Gasteiger partial charge < -0.3 is 4.74 Å². The summed E-state index contributed by atoms with van der Waals surface area (Å²) in [5.74, 6) is -1.30. The summed E-state index contributed by atoms with van der Waals surface area (Å²) >= 11 is 0. The van der Waals surface area contributed by atoms with Crippen molar-refractivity contribution in [3.05, 3.63) is 119 Å². The summed E-state index contributed by atoms with van der Waals surface area (Å²) in [4.78, 5) is 27.3. The lowest BCUT2D eigenvalue weighted by molar-refractivity contribution is -0.147. The Bertz CT molecular complexity index is 1620. The summed E-state index contributed by atoms with van der Waals surface area (Å²) in [6.45, 7) is 0.213. The Kier molecular flexibility index (Phi) is 5.61. The molecule has 0 N–H and O–H groups in total. The van der Waals surface area contributed by atoms with Gasteiger partial charge in [-0.1, -0.05) is 72.8 Å². The van der Waals surface area contributed by atoms with Crippen LogP contribution in [0.2, 0.25) is 0 Å². The normalized spacial score (nSPS) is 15.1. The highest BCUT2D eigenvalue weighted by Gasteiger charge is 2.34. The van der Waals surface area contributed by atoms with Gasteiger partial charge in [0, 0.05) is 22.0 Å². The summed E-state index contributed by atoms with van der Waals surface area (Å²) in [5, 5.41) is 1.87. The summed E-state index contributed by atoms with van der Waals surface area (Å²) in [5.41, 5.74) is 3.83. The lowest BCUT2D eigenvalue weighted by atomic mass is 9.85. The number of aromatic nitrogens is 1. The number of hydrogen-bond acceptors (Lipinski definition) is 3. The molecule has 0 spiro atoms. The molecule has 6 rings (SSSR count). The molecule has 0 radical (unpaired) electrons. The number of benzene rings is 4. The molecular formula is C31H24FNO3. The van der Waals surface area contributed by atoms with Crippen LogP contribution in [0, 0.1) is 5.82 Å². The van der Waals surface area contributed by atoms with Gasteiger partial charge in [0.2, 0.25) is 0 Å². The molecule has 0 aliphatic heterocycles. The molecule has 0 fully saturated rings. The molecule has 1 aliphatic carbocycles. The maximum atomic E-state index is 14.5. The Morgan fingerprint density at radius 3 is 2.33 bits per heavy atom. The Hall–Kier alpha value is -4.25. The smallest absolute Gasteiger partial charge is 0.313 e. The highest BCUT2D eigenvalue weighted by atomic mass is 19.1. The van der Waals surface area contributed by atoms with Crippen molar-refractivity contribution in [3.63, 3.8) is 0 Å². The highest BCUT2D eigenvalue weighted by Crippen LogP contribution is 2.40. The van der Waals surface area contributed by atoms with Gasteiger partial charge in [0.15, 0.2) is 0 Å². The first-order valence-electron chi connectivity index (χ1n) is 12.2. The summed E-state index contributed by atoms with van der Waals surface area (Å²) in [7, 11) is 0. The zero-order valence-corrected chi connectivity index (χ0v) is 19.6. The zero-order chi connectivity index (χ0) is 24.6. The fourth-order valence-corrected chi connectivity index (χ4v) is 5.44.